The van der Waals surface area contributed by atoms with Crippen LogP contribution in [0.5, 0.6) is 0 Å². The minimum absolute atomic E-state index is 0.233. The van der Waals surface area contributed by atoms with Gasteiger partial charge in [-0.15, -0.1) is 0 Å². The van der Waals surface area contributed by atoms with Crippen molar-refractivity contribution in [2.75, 3.05) is 0 Å². The van der Waals surface area contributed by atoms with Gasteiger partial charge in [0.15, 0.2) is 0 Å². The molecule has 0 heterocycles. The van der Waals surface area contributed by atoms with Crippen LogP contribution >= 0.6 is 0 Å². The van der Waals surface area contributed by atoms with Crippen LogP contribution in [-0.2, 0) is 33.5 Å². The van der Waals surface area contributed by atoms with Crippen molar-refractivity contribution in [2.24, 2.45) is 5.92 Å². The van der Waals surface area contributed by atoms with Gasteiger partial charge in [0.05, 0.1) is 0 Å². The van der Waals surface area contributed by atoms with Crippen LogP contribution in [-0.4, -0.2) is 69.3 Å². The van der Waals surface area contributed by atoms with Crippen LogP contribution in [0.3, 0.4) is 0 Å². The Balaban J connectivity index is 5.49. The number of carbonyl (C=O) groups excluding carboxylic acids is 6. The van der Waals surface area contributed by atoms with Crippen LogP contribution in [0.4, 0.5) is 0 Å². The average Bonchev–Trinajstić information content (AvgIpc) is 2.68. The van der Waals surface area contributed by atoms with E-state index in [1.807, 2.05) is 0 Å². The lowest BCUT2D eigenvalue weighted by Gasteiger charge is -2.36. The summed E-state index contributed by atoms with van der Waals surface area (Å²) >= 11 is 0. The summed E-state index contributed by atoms with van der Waals surface area (Å²) in [6.07, 6.45) is 0. The first-order chi connectivity index (χ1) is 17.1. The van der Waals surface area contributed by atoms with Gasteiger partial charge >= 0.3 is 5.97 Å². The zero-order valence-corrected chi connectivity index (χ0v) is 26.0. The third-order valence-corrected chi connectivity index (χ3v) is 5.63. The number of carbonyl (C=O) groups is 6. The van der Waals surface area contributed by atoms with E-state index in [9.17, 15) is 28.8 Å². The fourth-order valence-electron chi connectivity index (χ4n) is 3.09. The Hall–Kier alpha value is -3.18. The van der Waals surface area contributed by atoms with Crippen LogP contribution in [0.15, 0.2) is 0 Å². The molecule has 0 saturated carbocycles. The topological polar surface area (TPSA) is 172 Å². The van der Waals surface area contributed by atoms with Crippen LogP contribution in [0, 0.1) is 5.92 Å². The second-order valence-corrected chi connectivity index (χ2v) is 13.3. The number of ether oxygens (including phenoxy) is 1. The lowest BCUT2D eigenvalue weighted by atomic mass is 9.95. The molecule has 0 aliphatic heterocycles. The van der Waals surface area contributed by atoms with Gasteiger partial charge in [0.25, 0.3) is 0 Å². The Kier molecular flexibility index (Phi) is 11.3. The molecular formula is C27H49N5O7. The van der Waals surface area contributed by atoms with Crippen LogP contribution in [0.1, 0.15) is 96.9 Å². The highest BCUT2D eigenvalue weighted by Gasteiger charge is 2.43. The molecular weight excluding hydrogens is 506 g/mol. The Morgan fingerprint density at radius 2 is 0.897 bits per heavy atom. The van der Waals surface area contributed by atoms with E-state index in [-0.39, 0.29) is 11.8 Å². The largest absolute Gasteiger partial charge is 0.458 e. The first-order valence-electron chi connectivity index (χ1n) is 12.9. The summed E-state index contributed by atoms with van der Waals surface area (Å²) in [7, 11) is 0. The predicted molar refractivity (Wildman–Crippen MR) is 147 cm³/mol. The monoisotopic (exact) mass is 555 g/mol. The maximum Gasteiger partial charge on any atom is 0.331 e. The van der Waals surface area contributed by atoms with Gasteiger partial charge in [0.1, 0.15) is 33.8 Å². The highest BCUT2D eigenvalue weighted by molar-refractivity contribution is 6.00. The summed E-state index contributed by atoms with van der Waals surface area (Å²) < 4.78 is 5.36. The second-order valence-electron chi connectivity index (χ2n) is 13.3. The number of hydrogen-bond acceptors (Lipinski definition) is 7. The number of esters is 1. The summed E-state index contributed by atoms with van der Waals surface area (Å²) in [5, 5.41) is 13.0. The summed E-state index contributed by atoms with van der Waals surface area (Å²) in [4.78, 5) is 76.0. The SMILES string of the molecule is CC(=O)N[C@H](C(=O)NC(C)(C)C(=O)NC(C)(C)C(=O)NC(C)(C)C(=O)NC(C)(C)C(=O)OC(C)(C)C)C(C)C. The van der Waals surface area contributed by atoms with Crippen molar-refractivity contribution in [3.8, 4) is 0 Å². The average molecular weight is 556 g/mol. The molecule has 1 atom stereocenters. The van der Waals surface area contributed by atoms with Gasteiger partial charge in [-0.1, -0.05) is 13.8 Å². The fourth-order valence-corrected chi connectivity index (χ4v) is 3.09. The standard InChI is InChI=1S/C27H49N5O7/c1-15(2)17(28-16(3)33)18(34)29-24(7,8)19(35)30-25(9,10)20(36)31-26(11,12)21(37)32-27(13,14)22(38)39-23(4,5)6/h15,17H,1-14H3,(H,28,33)(H,29,34)(H,30,35)(H,31,36)(H,32,37)/t17-/m0/s1. The van der Waals surface area contributed by atoms with E-state index >= 15 is 0 Å². The van der Waals surface area contributed by atoms with Gasteiger partial charge < -0.3 is 31.3 Å². The first kappa shape index (κ1) is 35.8. The Bertz CT molecular complexity index is 976. The van der Waals surface area contributed by atoms with Gasteiger partial charge in [-0.2, -0.15) is 0 Å². The highest BCUT2D eigenvalue weighted by Crippen LogP contribution is 2.17. The summed E-state index contributed by atoms with van der Waals surface area (Å²) in [6, 6.07) is -0.852. The molecule has 0 aliphatic rings. The van der Waals surface area contributed by atoms with Crippen molar-refractivity contribution < 1.29 is 33.5 Å². The second kappa shape index (κ2) is 12.3. The van der Waals surface area contributed by atoms with Gasteiger partial charge in [-0.25, -0.2) is 4.79 Å². The zero-order chi connectivity index (χ0) is 31.4. The predicted octanol–water partition coefficient (Wildman–Crippen LogP) is 1.07. The van der Waals surface area contributed by atoms with Crippen LogP contribution < -0.4 is 26.6 Å². The number of rotatable bonds is 11. The van der Waals surface area contributed by atoms with Crippen molar-refractivity contribution in [1.82, 2.24) is 26.6 Å². The molecule has 0 spiro atoms. The van der Waals surface area contributed by atoms with Crippen molar-refractivity contribution in [1.29, 1.82) is 0 Å². The van der Waals surface area contributed by atoms with E-state index < -0.39 is 63.4 Å². The molecule has 0 saturated heterocycles. The third kappa shape index (κ3) is 11.2. The zero-order valence-electron chi connectivity index (χ0n) is 26.0. The number of nitrogens with one attached hydrogen (secondary N) is 5. The Morgan fingerprint density at radius 3 is 1.21 bits per heavy atom. The molecule has 0 unspecified atom stereocenters. The van der Waals surface area contributed by atoms with Gasteiger partial charge in [0, 0.05) is 6.92 Å². The normalized spacial score (nSPS) is 13.6. The first-order valence-corrected chi connectivity index (χ1v) is 12.9. The molecule has 12 heteroatoms. The molecule has 0 aliphatic carbocycles. The summed E-state index contributed by atoms with van der Waals surface area (Å²) in [5.74, 6) is -3.78. The van der Waals surface area contributed by atoms with Gasteiger partial charge in [-0.05, 0) is 82.1 Å². The Morgan fingerprint density at radius 1 is 0.564 bits per heavy atom. The molecule has 0 bridgehead atoms. The molecule has 39 heavy (non-hydrogen) atoms. The molecule has 0 radical (unpaired) electrons. The lowest BCUT2D eigenvalue weighted by molar-refractivity contribution is -0.163. The van der Waals surface area contributed by atoms with E-state index in [4.69, 9.17) is 4.74 Å². The van der Waals surface area contributed by atoms with Crippen molar-refractivity contribution in [3.05, 3.63) is 0 Å². The molecule has 5 N–H and O–H groups in total. The van der Waals surface area contributed by atoms with Crippen LogP contribution in [0.2, 0.25) is 0 Å². The smallest absolute Gasteiger partial charge is 0.331 e. The van der Waals surface area contributed by atoms with Crippen molar-refractivity contribution in [2.45, 2.75) is 131 Å². The highest BCUT2D eigenvalue weighted by atomic mass is 16.6. The fraction of sp³-hybridized carbons (Fsp3) is 0.778. The van der Waals surface area contributed by atoms with E-state index in [1.54, 1.807) is 34.6 Å². The molecule has 0 aromatic rings. The number of amides is 5. The van der Waals surface area contributed by atoms with Gasteiger partial charge in [-0.3, -0.25) is 24.0 Å². The maximum atomic E-state index is 13.1. The van der Waals surface area contributed by atoms with Crippen molar-refractivity contribution >= 4 is 35.5 Å². The molecule has 0 aromatic carbocycles. The Labute approximate surface area is 232 Å². The molecule has 5 amide bonds. The minimum atomic E-state index is -1.49. The summed E-state index contributed by atoms with van der Waals surface area (Å²) in [5.41, 5.74) is -6.52. The van der Waals surface area contributed by atoms with Crippen LogP contribution in [0.25, 0.3) is 0 Å². The quantitative estimate of drug-likeness (QED) is 0.237. The minimum Gasteiger partial charge on any atom is -0.458 e. The molecule has 0 aromatic heterocycles. The molecule has 0 fully saturated rings. The molecule has 224 valence electrons. The third-order valence-electron chi connectivity index (χ3n) is 5.63. The summed E-state index contributed by atoms with van der Waals surface area (Å²) in [6.45, 7) is 21.7. The van der Waals surface area contributed by atoms with E-state index in [0.717, 1.165) is 0 Å². The molecule has 0 rings (SSSR count). The van der Waals surface area contributed by atoms with E-state index in [0.29, 0.717) is 0 Å². The van der Waals surface area contributed by atoms with Gasteiger partial charge in [0.2, 0.25) is 29.5 Å². The van der Waals surface area contributed by atoms with E-state index in [1.165, 1.54) is 62.3 Å². The van der Waals surface area contributed by atoms with E-state index in [2.05, 4.69) is 26.6 Å². The van der Waals surface area contributed by atoms with Crippen molar-refractivity contribution in [3.63, 3.8) is 0 Å². The number of hydrogen-bond donors (Lipinski definition) is 5. The maximum absolute atomic E-state index is 13.1. The lowest BCUT2D eigenvalue weighted by Crippen LogP contribution is -2.68. The molecule has 12 nitrogen and oxygen atoms in total.